The van der Waals surface area contributed by atoms with Gasteiger partial charge in [-0.25, -0.2) is 0 Å². The first kappa shape index (κ1) is 11.4. The van der Waals surface area contributed by atoms with E-state index in [9.17, 15) is 9.90 Å². The number of rotatable bonds is 4. The lowest BCUT2D eigenvalue weighted by molar-refractivity contribution is -0.140. The minimum absolute atomic E-state index is 0.0869. The molecule has 0 bridgehead atoms. The smallest absolute Gasteiger partial charge is 0.305 e. The van der Waals surface area contributed by atoms with Gasteiger partial charge in [0.25, 0.3) is 0 Å². The van der Waals surface area contributed by atoms with Crippen LogP contribution in [-0.2, 0) is 16.0 Å². The first-order valence-electron chi connectivity index (χ1n) is 4.60. The Morgan fingerprint density at radius 2 is 2.13 bits per heavy atom. The number of aryl methyl sites for hydroxylation is 1. The molecule has 1 aromatic carbocycles. The van der Waals surface area contributed by atoms with E-state index in [0.717, 1.165) is 0 Å². The third kappa shape index (κ3) is 2.87. The Bertz CT molecular complexity index is 346. The van der Waals surface area contributed by atoms with Crippen LogP contribution in [0.4, 0.5) is 0 Å². The molecule has 0 aliphatic heterocycles. The predicted molar refractivity (Wildman–Crippen MR) is 55.0 cm³/mol. The number of hydrogen-bond donors (Lipinski definition) is 1. The summed E-state index contributed by atoms with van der Waals surface area (Å²) in [5.41, 5.74) is 0.680. The van der Waals surface area contributed by atoms with E-state index in [-0.39, 0.29) is 18.1 Å². The third-order valence-electron chi connectivity index (χ3n) is 2.13. The maximum atomic E-state index is 10.9. The van der Waals surface area contributed by atoms with E-state index in [1.165, 1.54) is 14.2 Å². The van der Waals surface area contributed by atoms with Crippen molar-refractivity contribution in [3.63, 3.8) is 0 Å². The van der Waals surface area contributed by atoms with E-state index in [1.807, 2.05) is 0 Å². The number of para-hydroxylation sites is 1. The fraction of sp³-hybridized carbons (Fsp3) is 0.364. The maximum absolute atomic E-state index is 10.9. The van der Waals surface area contributed by atoms with Gasteiger partial charge in [-0.15, -0.1) is 0 Å². The molecule has 1 aromatic rings. The molecule has 82 valence electrons. The zero-order valence-corrected chi connectivity index (χ0v) is 8.82. The summed E-state index contributed by atoms with van der Waals surface area (Å²) in [5, 5.41) is 9.70. The molecule has 1 N–H and O–H groups in total. The lowest BCUT2D eigenvalue weighted by Gasteiger charge is -2.07. The van der Waals surface area contributed by atoms with E-state index in [0.29, 0.717) is 17.7 Å². The van der Waals surface area contributed by atoms with E-state index in [1.54, 1.807) is 18.2 Å². The minimum Gasteiger partial charge on any atom is -0.504 e. The molecule has 0 amide bonds. The van der Waals surface area contributed by atoms with Crippen LogP contribution >= 0.6 is 0 Å². The molecule has 0 aromatic heterocycles. The van der Waals surface area contributed by atoms with Crippen LogP contribution in [0, 0.1) is 0 Å². The van der Waals surface area contributed by atoms with Gasteiger partial charge in [0.2, 0.25) is 0 Å². The SMILES string of the molecule is COC(=O)CCc1cccc(OC)c1O. The molecule has 0 atom stereocenters. The topological polar surface area (TPSA) is 55.8 Å². The standard InChI is InChI=1S/C11H14O4/c1-14-9-5-3-4-8(11(9)13)6-7-10(12)15-2/h3-5,13H,6-7H2,1-2H3. The Morgan fingerprint density at radius 1 is 1.40 bits per heavy atom. The molecule has 0 fully saturated rings. The number of esters is 1. The van der Waals surface area contributed by atoms with Gasteiger partial charge in [0, 0.05) is 6.42 Å². The van der Waals surface area contributed by atoms with Crippen molar-refractivity contribution < 1.29 is 19.4 Å². The molecule has 15 heavy (non-hydrogen) atoms. The molecule has 0 unspecified atom stereocenters. The molecule has 0 saturated carbocycles. The van der Waals surface area contributed by atoms with Crippen molar-refractivity contribution in [2.75, 3.05) is 14.2 Å². The molecule has 4 nitrogen and oxygen atoms in total. The van der Waals surface area contributed by atoms with Gasteiger partial charge in [0.1, 0.15) is 0 Å². The number of phenols is 1. The van der Waals surface area contributed by atoms with Crippen molar-refractivity contribution >= 4 is 5.97 Å². The second-order valence-corrected chi connectivity index (χ2v) is 3.04. The van der Waals surface area contributed by atoms with E-state index < -0.39 is 0 Å². The molecular weight excluding hydrogens is 196 g/mol. The normalized spacial score (nSPS) is 9.73. The van der Waals surface area contributed by atoms with Crippen molar-refractivity contribution in [1.82, 2.24) is 0 Å². The van der Waals surface area contributed by atoms with Crippen LogP contribution in [0.25, 0.3) is 0 Å². The second-order valence-electron chi connectivity index (χ2n) is 3.04. The van der Waals surface area contributed by atoms with Gasteiger partial charge >= 0.3 is 5.97 Å². The zero-order valence-electron chi connectivity index (χ0n) is 8.82. The van der Waals surface area contributed by atoms with Gasteiger partial charge in [-0.05, 0) is 18.1 Å². The summed E-state index contributed by atoms with van der Waals surface area (Å²) < 4.78 is 9.47. The number of ether oxygens (including phenoxy) is 2. The van der Waals surface area contributed by atoms with Gasteiger partial charge in [0.05, 0.1) is 14.2 Å². The van der Waals surface area contributed by atoms with Crippen molar-refractivity contribution in [1.29, 1.82) is 0 Å². The number of hydrogen-bond acceptors (Lipinski definition) is 4. The van der Waals surface area contributed by atoms with Crippen LogP contribution < -0.4 is 4.74 Å². The van der Waals surface area contributed by atoms with Crippen LogP contribution in [0.3, 0.4) is 0 Å². The fourth-order valence-corrected chi connectivity index (χ4v) is 1.27. The average Bonchev–Trinajstić information content (AvgIpc) is 2.27. The quantitative estimate of drug-likeness (QED) is 0.765. The fourth-order valence-electron chi connectivity index (χ4n) is 1.27. The van der Waals surface area contributed by atoms with Crippen molar-refractivity contribution in [2.24, 2.45) is 0 Å². The minimum atomic E-state index is -0.294. The highest BCUT2D eigenvalue weighted by Crippen LogP contribution is 2.29. The van der Waals surface area contributed by atoms with Crippen molar-refractivity contribution in [3.05, 3.63) is 23.8 Å². The number of benzene rings is 1. The first-order chi connectivity index (χ1) is 7.19. The summed E-state index contributed by atoms with van der Waals surface area (Å²) in [5.74, 6) is 0.207. The molecule has 0 aliphatic carbocycles. The Hall–Kier alpha value is -1.71. The Kier molecular flexibility index (Phi) is 3.97. The Labute approximate surface area is 88.4 Å². The molecule has 0 aliphatic rings. The van der Waals surface area contributed by atoms with E-state index in [2.05, 4.69) is 4.74 Å². The van der Waals surface area contributed by atoms with Crippen molar-refractivity contribution in [2.45, 2.75) is 12.8 Å². The predicted octanol–water partition coefficient (Wildman–Crippen LogP) is 1.51. The Balaban J connectivity index is 2.73. The van der Waals surface area contributed by atoms with Gasteiger partial charge in [0.15, 0.2) is 11.5 Å². The highest BCUT2D eigenvalue weighted by Gasteiger charge is 2.09. The molecule has 4 heteroatoms. The molecule has 1 rings (SSSR count). The summed E-state index contributed by atoms with van der Waals surface area (Å²) >= 11 is 0. The summed E-state index contributed by atoms with van der Waals surface area (Å²) in [7, 11) is 2.83. The number of phenolic OH excluding ortho intramolecular Hbond substituents is 1. The molecular formula is C11H14O4. The van der Waals surface area contributed by atoms with E-state index >= 15 is 0 Å². The first-order valence-corrected chi connectivity index (χ1v) is 4.60. The van der Waals surface area contributed by atoms with Crippen LogP contribution in [0.15, 0.2) is 18.2 Å². The lowest BCUT2D eigenvalue weighted by atomic mass is 10.1. The maximum Gasteiger partial charge on any atom is 0.305 e. The lowest BCUT2D eigenvalue weighted by Crippen LogP contribution is -2.02. The monoisotopic (exact) mass is 210 g/mol. The highest BCUT2D eigenvalue weighted by molar-refractivity contribution is 5.69. The summed E-state index contributed by atoms with van der Waals surface area (Å²) in [6, 6.07) is 5.18. The molecule has 0 heterocycles. The van der Waals surface area contributed by atoms with Crippen LogP contribution in [0.2, 0.25) is 0 Å². The van der Waals surface area contributed by atoms with Gasteiger partial charge in [-0.2, -0.15) is 0 Å². The average molecular weight is 210 g/mol. The second kappa shape index (κ2) is 5.24. The summed E-state index contributed by atoms with van der Waals surface area (Å²) in [6.45, 7) is 0. The third-order valence-corrected chi connectivity index (χ3v) is 2.13. The zero-order chi connectivity index (χ0) is 11.3. The molecule has 0 saturated heterocycles. The van der Waals surface area contributed by atoms with Gasteiger partial charge in [-0.1, -0.05) is 12.1 Å². The van der Waals surface area contributed by atoms with Gasteiger partial charge in [-0.3, -0.25) is 4.79 Å². The van der Waals surface area contributed by atoms with Crippen LogP contribution in [-0.4, -0.2) is 25.3 Å². The van der Waals surface area contributed by atoms with Crippen LogP contribution in [0.1, 0.15) is 12.0 Å². The highest BCUT2D eigenvalue weighted by atomic mass is 16.5. The largest absolute Gasteiger partial charge is 0.504 e. The summed E-state index contributed by atoms with van der Waals surface area (Å²) in [4.78, 5) is 10.9. The number of carbonyl (C=O) groups excluding carboxylic acids is 1. The van der Waals surface area contributed by atoms with E-state index in [4.69, 9.17) is 4.74 Å². The Morgan fingerprint density at radius 3 is 2.73 bits per heavy atom. The number of methoxy groups -OCH3 is 2. The summed E-state index contributed by atoms with van der Waals surface area (Å²) in [6.07, 6.45) is 0.687. The van der Waals surface area contributed by atoms with Gasteiger partial charge < -0.3 is 14.6 Å². The number of aromatic hydroxyl groups is 1. The molecule has 0 radical (unpaired) electrons. The van der Waals surface area contributed by atoms with Crippen molar-refractivity contribution in [3.8, 4) is 11.5 Å². The molecule has 0 spiro atoms. The number of carbonyl (C=O) groups is 1. The van der Waals surface area contributed by atoms with Crippen LogP contribution in [0.5, 0.6) is 11.5 Å².